The number of hydrogen-bond donors (Lipinski definition) is 2. The largest absolute Gasteiger partial charge is 0.395 e. The van der Waals surface area contributed by atoms with E-state index in [1.807, 2.05) is 32.9 Å². The van der Waals surface area contributed by atoms with Gasteiger partial charge in [0.1, 0.15) is 11.0 Å². The third-order valence-corrected chi connectivity index (χ3v) is 3.01. The van der Waals surface area contributed by atoms with Crippen molar-refractivity contribution >= 4 is 11.0 Å². The minimum atomic E-state index is -1.15. The lowest BCUT2D eigenvalue weighted by molar-refractivity contribution is 0.302. The molecule has 3 nitrogen and oxygen atoms in total. The molecule has 0 fully saturated rings. The van der Waals surface area contributed by atoms with Crippen molar-refractivity contribution in [1.82, 2.24) is 4.72 Å². The van der Waals surface area contributed by atoms with Crippen LogP contribution in [-0.4, -0.2) is 22.5 Å². The van der Waals surface area contributed by atoms with Gasteiger partial charge in [-0.15, -0.1) is 0 Å². The van der Waals surface area contributed by atoms with Crippen molar-refractivity contribution in [1.29, 1.82) is 0 Å². The van der Waals surface area contributed by atoms with Gasteiger partial charge in [0.25, 0.3) is 0 Å². The standard InChI is InChI=1S/C9H15NO2S.C2H6/c1-8-3-2-4-9(7-8)13(12)10-5-6-11;1-2/h4,7,10-11H,2-3,5-6H2,1H3;1-2H3. The molecule has 0 bridgehead atoms. The van der Waals surface area contributed by atoms with Gasteiger partial charge in [0.15, 0.2) is 0 Å². The first-order valence-corrected chi connectivity index (χ1v) is 6.52. The molecule has 0 radical (unpaired) electrons. The van der Waals surface area contributed by atoms with Crippen molar-refractivity contribution in [3.63, 3.8) is 0 Å². The second kappa shape index (κ2) is 8.83. The Hall–Kier alpha value is -0.450. The topological polar surface area (TPSA) is 49.3 Å². The van der Waals surface area contributed by atoms with Crippen molar-refractivity contribution < 1.29 is 9.32 Å². The SMILES string of the molecule is CC.CC1=CC(S(=O)NCCO)=CCC1. The van der Waals surface area contributed by atoms with Crippen molar-refractivity contribution in [3.8, 4) is 0 Å². The summed E-state index contributed by atoms with van der Waals surface area (Å²) in [6.45, 7) is 6.43. The summed E-state index contributed by atoms with van der Waals surface area (Å²) in [6, 6.07) is 0. The zero-order valence-electron chi connectivity index (χ0n) is 9.75. The summed E-state index contributed by atoms with van der Waals surface area (Å²) < 4.78 is 14.2. The highest BCUT2D eigenvalue weighted by Gasteiger charge is 2.07. The zero-order valence-corrected chi connectivity index (χ0v) is 10.6. The Balaban J connectivity index is 0.000000921. The van der Waals surface area contributed by atoms with Gasteiger partial charge in [0, 0.05) is 6.54 Å². The van der Waals surface area contributed by atoms with E-state index in [9.17, 15) is 4.21 Å². The van der Waals surface area contributed by atoms with E-state index in [1.165, 1.54) is 5.57 Å². The van der Waals surface area contributed by atoms with Gasteiger partial charge < -0.3 is 5.11 Å². The summed E-state index contributed by atoms with van der Waals surface area (Å²) in [4.78, 5) is 0.831. The maximum atomic E-state index is 11.5. The first kappa shape index (κ1) is 14.6. The second-order valence-corrected chi connectivity index (χ2v) is 4.32. The Morgan fingerprint density at radius 1 is 1.53 bits per heavy atom. The molecule has 1 unspecified atom stereocenters. The fourth-order valence-electron chi connectivity index (χ4n) is 1.17. The summed E-state index contributed by atoms with van der Waals surface area (Å²) >= 11 is 0. The van der Waals surface area contributed by atoms with Gasteiger partial charge in [-0.3, -0.25) is 0 Å². The van der Waals surface area contributed by atoms with Crippen LogP contribution in [-0.2, 0) is 11.0 Å². The van der Waals surface area contributed by atoms with Crippen LogP contribution >= 0.6 is 0 Å². The molecule has 1 aliphatic rings. The first-order chi connectivity index (χ1) is 7.24. The van der Waals surface area contributed by atoms with Crippen molar-refractivity contribution in [2.75, 3.05) is 13.2 Å². The maximum Gasteiger partial charge on any atom is 0.124 e. The molecule has 0 spiro atoms. The Labute approximate surface area is 94.9 Å². The van der Waals surface area contributed by atoms with E-state index in [-0.39, 0.29) is 6.61 Å². The smallest absolute Gasteiger partial charge is 0.124 e. The first-order valence-electron chi connectivity index (χ1n) is 5.37. The maximum absolute atomic E-state index is 11.5. The van der Waals surface area contributed by atoms with Gasteiger partial charge in [-0.05, 0) is 25.8 Å². The highest BCUT2D eigenvalue weighted by Crippen LogP contribution is 2.17. The van der Waals surface area contributed by atoms with Gasteiger partial charge in [0.2, 0.25) is 0 Å². The summed E-state index contributed by atoms with van der Waals surface area (Å²) in [6.07, 6.45) is 5.95. The lowest BCUT2D eigenvalue weighted by Crippen LogP contribution is -2.22. The molecular weight excluding hydrogens is 210 g/mol. The van der Waals surface area contributed by atoms with Crippen LogP contribution in [0.25, 0.3) is 0 Å². The molecule has 1 aliphatic carbocycles. The molecule has 0 aromatic rings. The van der Waals surface area contributed by atoms with Crippen LogP contribution < -0.4 is 4.72 Å². The molecule has 4 heteroatoms. The van der Waals surface area contributed by atoms with Gasteiger partial charge in [-0.2, -0.15) is 0 Å². The van der Waals surface area contributed by atoms with Gasteiger partial charge >= 0.3 is 0 Å². The van der Waals surface area contributed by atoms with E-state index in [4.69, 9.17) is 5.11 Å². The second-order valence-electron chi connectivity index (χ2n) is 3.02. The van der Waals surface area contributed by atoms with Crippen molar-refractivity contribution in [2.24, 2.45) is 0 Å². The fraction of sp³-hybridized carbons (Fsp3) is 0.636. The van der Waals surface area contributed by atoms with E-state index in [0.717, 1.165) is 17.7 Å². The van der Waals surface area contributed by atoms with Gasteiger partial charge in [0.05, 0.1) is 11.5 Å². The predicted molar refractivity (Wildman–Crippen MR) is 65.7 cm³/mol. The number of aliphatic hydroxyl groups excluding tert-OH is 1. The third kappa shape index (κ3) is 5.87. The highest BCUT2D eigenvalue weighted by molar-refractivity contribution is 7.87. The quantitative estimate of drug-likeness (QED) is 0.776. The van der Waals surface area contributed by atoms with Crippen LogP contribution in [0.5, 0.6) is 0 Å². The number of allylic oxidation sites excluding steroid dienone is 3. The fourth-order valence-corrected chi connectivity index (χ4v) is 2.19. The summed E-state index contributed by atoms with van der Waals surface area (Å²) in [5.74, 6) is 0. The molecule has 0 saturated carbocycles. The molecule has 88 valence electrons. The zero-order chi connectivity index (χ0) is 11.7. The van der Waals surface area contributed by atoms with E-state index < -0.39 is 11.0 Å². The summed E-state index contributed by atoms with van der Waals surface area (Å²) in [5, 5.41) is 8.53. The Morgan fingerprint density at radius 3 is 2.73 bits per heavy atom. The van der Waals surface area contributed by atoms with Crippen LogP contribution in [0.2, 0.25) is 0 Å². The molecule has 1 atom stereocenters. The number of nitrogens with one attached hydrogen (secondary N) is 1. The Bertz CT molecular complexity index is 259. The molecule has 1 rings (SSSR count). The average molecular weight is 231 g/mol. The molecule has 0 saturated heterocycles. The minimum absolute atomic E-state index is 0.0156. The van der Waals surface area contributed by atoms with Crippen LogP contribution in [0.3, 0.4) is 0 Å². The van der Waals surface area contributed by atoms with E-state index in [1.54, 1.807) is 0 Å². The molecule has 0 heterocycles. The van der Waals surface area contributed by atoms with Gasteiger partial charge in [-0.25, -0.2) is 8.93 Å². The minimum Gasteiger partial charge on any atom is -0.395 e. The monoisotopic (exact) mass is 231 g/mol. The molecule has 0 aromatic carbocycles. The van der Waals surface area contributed by atoms with Crippen LogP contribution in [0.1, 0.15) is 33.6 Å². The molecule has 0 aliphatic heterocycles. The molecule has 0 aromatic heterocycles. The molecule has 15 heavy (non-hydrogen) atoms. The van der Waals surface area contributed by atoms with Crippen molar-refractivity contribution in [2.45, 2.75) is 33.6 Å². The molecular formula is C11H21NO2S. The number of rotatable bonds is 4. The van der Waals surface area contributed by atoms with E-state index in [2.05, 4.69) is 4.72 Å². The molecule has 0 amide bonds. The number of hydrogen-bond acceptors (Lipinski definition) is 2. The summed E-state index contributed by atoms with van der Waals surface area (Å²) in [7, 11) is -1.15. The lowest BCUT2D eigenvalue weighted by Gasteiger charge is -2.10. The lowest BCUT2D eigenvalue weighted by atomic mass is 10.1. The van der Waals surface area contributed by atoms with E-state index >= 15 is 0 Å². The van der Waals surface area contributed by atoms with E-state index in [0.29, 0.717) is 6.54 Å². The third-order valence-electron chi connectivity index (χ3n) is 1.83. The normalized spacial score (nSPS) is 17.1. The van der Waals surface area contributed by atoms with Crippen molar-refractivity contribution in [3.05, 3.63) is 22.6 Å². The van der Waals surface area contributed by atoms with Crippen LogP contribution in [0, 0.1) is 0 Å². The van der Waals surface area contributed by atoms with Gasteiger partial charge in [-0.1, -0.05) is 25.5 Å². The summed E-state index contributed by atoms with van der Waals surface area (Å²) in [5.41, 5.74) is 1.26. The highest BCUT2D eigenvalue weighted by atomic mass is 32.2. The van der Waals surface area contributed by atoms with Crippen LogP contribution in [0.4, 0.5) is 0 Å². The molecule has 2 N–H and O–H groups in total. The van der Waals surface area contributed by atoms with Crippen LogP contribution in [0.15, 0.2) is 22.6 Å². The number of aliphatic hydroxyl groups is 1. The average Bonchev–Trinajstić information content (AvgIpc) is 2.28. The Kier molecular flexibility index (Phi) is 8.56. The predicted octanol–water partition coefficient (Wildman–Crippen LogP) is 1.88. The Morgan fingerprint density at radius 2 is 2.20 bits per heavy atom.